The second-order valence-corrected chi connectivity index (χ2v) is 6.46. The van der Waals surface area contributed by atoms with Gasteiger partial charge in [0.15, 0.2) is 0 Å². The maximum absolute atomic E-state index is 12.5. The molecular weight excluding hydrogens is 375 g/mol. The van der Waals surface area contributed by atoms with Crippen LogP contribution in [-0.4, -0.2) is 15.4 Å². The van der Waals surface area contributed by atoms with E-state index in [1.165, 1.54) is 10.7 Å². The van der Waals surface area contributed by atoms with Crippen molar-refractivity contribution in [3.8, 4) is 11.3 Å². The number of amides is 2. The first-order chi connectivity index (χ1) is 12.4. The fourth-order valence-corrected chi connectivity index (χ4v) is 2.90. The SMILES string of the molecule is Cn1c(-c2ccccc2)c(NC(=O)Nc2ccc(Cl)c(Cl)c2)c(=O)n1C. The highest BCUT2D eigenvalue weighted by molar-refractivity contribution is 6.42. The minimum Gasteiger partial charge on any atom is -0.308 e. The van der Waals surface area contributed by atoms with Crippen molar-refractivity contribution in [1.29, 1.82) is 0 Å². The van der Waals surface area contributed by atoms with Crippen molar-refractivity contribution in [3.05, 3.63) is 68.9 Å². The molecule has 0 aliphatic carbocycles. The molecule has 8 heteroatoms. The van der Waals surface area contributed by atoms with Crippen molar-refractivity contribution < 1.29 is 4.79 Å². The number of rotatable bonds is 3. The Bertz CT molecular complexity index is 1030. The van der Waals surface area contributed by atoms with Crippen LogP contribution in [0.15, 0.2) is 53.3 Å². The number of urea groups is 1. The molecule has 0 aliphatic rings. The van der Waals surface area contributed by atoms with Crippen LogP contribution in [0.25, 0.3) is 11.3 Å². The predicted octanol–water partition coefficient (Wildman–Crippen LogP) is 4.34. The summed E-state index contributed by atoms with van der Waals surface area (Å²) in [4.78, 5) is 24.9. The van der Waals surface area contributed by atoms with Crippen LogP contribution in [0.5, 0.6) is 0 Å². The van der Waals surface area contributed by atoms with Gasteiger partial charge in [-0.2, -0.15) is 0 Å². The molecule has 0 radical (unpaired) electrons. The van der Waals surface area contributed by atoms with Gasteiger partial charge in [-0.25, -0.2) is 4.79 Å². The number of nitrogens with zero attached hydrogens (tertiary/aromatic N) is 2. The molecule has 2 amide bonds. The highest BCUT2D eigenvalue weighted by Crippen LogP contribution is 2.27. The van der Waals surface area contributed by atoms with E-state index >= 15 is 0 Å². The first-order valence-corrected chi connectivity index (χ1v) is 8.48. The van der Waals surface area contributed by atoms with E-state index in [-0.39, 0.29) is 11.2 Å². The molecule has 3 aromatic rings. The summed E-state index contributed by atoms with van der Waals surface area (Å²) in [5, 5.41) is 6.00. The normalized spacial score (nSPS) is 10.6. The summed E-state index contributed by atoms with van der Waals surface area (Å²) in [6.07, 6.45) is 0. The minimum absolute atomic E-state index is 0.193. The van der Waals surface area contributed by atoms with Crippen LogP contribution >= 0.6 is 23.2 Å². The summed E-state index contributed by atoms with van der Waals surface area (Å²) >= 11 is 11.8. The van der Waals surface area contributed by atoms with Crippen LogP contribution < -0.4 is 16.2 Å². The average molecular weight is 391 g/mol. The van der Waals surface area contributed by atoms with Gasteiger partial charge < -0.3 is 10.6 Å². The van der Waals surface area contributed by atoms with Crippen LogP contribution in [0, 0.1) is 0 Å². The Morgan fingerprint density at radius 1 is 0.923 bits per heavy atom. The highest BCUT2D eigenvalue weighted by Gasteiger charge is 2.19. The van der Waals surface area contributed by atoms with Crippen LogP contribution in [0.3, 0.4) is 0 Å². The topological polar surface area (TPSA) is 68.1 Å². The van der Waals surface area contributed by atoms with Gasteiger partial charge in [0.25, 0.3) is 5.56 Å². The van der Waals surface area contributed by atoms with Crippen molar-refractivity contribution in [1.82, 2.24) is 9.36 Å². The van der Waals surface area contributed by atoms with Gasteiger partial charge >= 0.3 is 6.03 Å². The standard InChI is InChI=1S/C18H16Cl2N4O2/c1-23-16(11-6-4-3-5-7-11)15(17(25)24(23)2)22-18(26)21-12-8-9-13(19)14(20)10-12/h3-10H,1-2H3,(H2,21,22,26). The fraction of sp³-hybridized carbons (Fsp3) is 0.111. The van der Waals surface area contributed by atoms with Gasteiger partial charge in [-0.1, -0.05) is 53.5 Å². The number of halogens is 2. The van der Waals surface area contributed by atoms with Gasteiger partial charge in [0, 0.05) is 25.3 Å². The van der Waals surface area contributed by atoms with Crippen molar-refractivity contribution in [3.63, 3.8) is 0 Å². The molecule has 0 saturated carbocycles. The first-order valence-electron chi connectivity index (χ1n) is 7.73. The summed E-state index contributed by atoms with van der Waals surface area (Å²) in [6.45, 7) is 0. The van der Waals surface area contributed by atoms with E-state index in [1.807, 2.05) is 30.3 Å². The Morgan fingerprint density at radius 3 is 2.27 bits per heavy atom. The molecule has 2 aromatic carbocycles. The molecule has 0 unspecified atom stereocenters. The summed E-state index contributed by atoms with van der Waals surface area (Å²) < 4.78 is 3.11. The third-order valence-corrected chi connectivity index (χ3v) is 4.72. The molecule has 6 nitrogen and oxygen atoms in total. The third kappa shape index (κ3) is 3.47. The van der Waals surface area contributed by atoms with Crippen LogP contribution in [0.2, 0.25) is 10.0 Å². The summed E-state index contributed by atoms with van der Waals surface area (Å²) in [5.41, 5.74) is 1.78. The predicted molar refractivity (Wildman–Crippen MR) is 105 cm³/mol. The van der Waals surface area contributed by atoms with E-state index in [2.05, 4.69) is 10.6 Å². The van der Waals surface area contributed by atoms with E-state index < -0.39 is 6.03 Å². The summed E-state index contributed by atoms with van der Waals surface area (Å²) in [7, 11) is 3.39. The zero-order valence-corrected chi connectivity index (χ0v) is 15.6. The maximum Gasteiger partial charge on any atom is 0.323 e. The lowest BCUT2D eigenvalue weighted by Crippen LogP contribution is -2.24. The van der Waals surface area contributed by atoms with Gasteiger partial charge in [0.2, 0.25) is 0 Å². The molecule has 0 bridgehead atoms. The van der Waals surface area contributed by atoms with E-state index in [0.717, 1.165) is 5.56 Å². The molecule has 26 heavy (non-hydrogen) atoms. The minimum atomic E-state index is -0.552. The number of nitrogens with one attached hydrogen (secondary N) is 2. The zero-order valence-electron chi connectivity index (χ0n) is 14.1. The van der Waals surface area contributed by atoms with Gasteiger partial charge in [0.1, 0.15) is 5.69 Å². The van der Waals surface area contributed by atoms with E-state index in [0.29, 0.717) is 21.4 Å². The Kier molecular flexibility index (Phi) is 5.06. The monoisotopic (exact) mass is 390 g/mol. The van der Waals surface area contributed by atoms with Gasteiger partial charge in [-0.15, -0.1) is 0 Å². The van der Waals surface area contributed by atoms with Gasteiger partial charge in [-0.3, -0.25) is 14.2 Å². The van der Waals surface area contributed by atoms with Gasteiger partial charge in [-0.05, 0) is 18.2 Å². The second kappa shape index (κ2) is 7.27. The lowest BCUT2D eigenvalue weighted by molar-refractivity contribution is 0.262. The lowest BCUT2D eigenvalue weighted by Gasteiger charge is -2.10. The Morgan fingerprint density at radius 2 is 1.62 bits per heavy atom. The fourth-order valence-electron chi connectivity index (χ4n) is 2.60. The van der Waals surface area contributed by atoms with Crippen molar-refractivity contribution in [2.45, 2.75) is 0 Å². The maximum atomic E-state index is 12.5. The Hall–Kier alpha value is -2.70. The number of benzene rings is 2. The van der Waals surface area contributed by atoms with Crippen LogP contribution in [0.1, 0.15) is 0 Å². The molecule has 134 valence electrons. The quantitative estimate of drug-likeness (QED) is 0.698. The number of hydrogen-bond donors (Lipinski definition) is 2. The number of carbonyl (C=O) groups excluding carboxylic acids is 1. The molecule has 0 fully saturated rings. The molecule has 0 saturated heterocycles. The van der Waals surface area contributed by atoms with Crippen molar-refractivity contribution in [2.24, 2.45) is 14.1 Å². The number of aromatic nitrogens is 2. The van der Waals surface area contributed by atoms with E-state index in [9.17, 15) is 9.59 Å². The number of hydrogen-bond acceptors (Lipinski definition) is 2. The first kappa shape index (κ1) is 18.1. The molecule has 2 N–H and O–H groups in total. The number of carbonyl (C=O) groups is 1. The summed E-state index contributed by atoms with van der Waals surface area (Å²) in [6, 6.07) is 13.5. The van der Waals surface area contributed by atoms with E-state index in [1.54, 1.807) is 30.9 Å². The molecule has 0 aliphatic heterocycles. The smallest absolute Gasteiger partial charge is 0.308 e. The second-order valence-electron chi connectivity index (χ2n) is 5.65. The largest absolute Gasteiger partial charge is 0.323 e. The van der Waals surface area contributed by atoms with Crippen molar-refractivity contribution >= 4 is 40.6 Å². The molecular formula is C18H16Cl2N4O2. The molecule has 0 spiro atoms. The highest BCUT2D eigenvalue weighted by atomic mass is 35.5. The summed E-state index contributed by atoms with van der Waals surface area (Å²) in [5.74, 6) is 0. The van der Waals surface area contributed by atoms with Crippen molar-refractivity contribution in [2.75, 3.05) is 10.6 Å². The number of anilines is 2. The van der Waals surface area contributed by atoms with Crippen LogP contribution in [0.4, 0.5) is 16.2 Å². The third-order valence-electron chi connectivity index (χ3n) is 3.98. The molecule has 0 atom stereocenters. The zero-order chi connectivity index (χ0) is 18.8. The van der Waals surface area contributed by atoms with E-state index in [4.69, 9.17) is 23.2 Å². The average Bonchev–Trinajstić information content (AvgIpc) is 2.83. The Balaban J connectivity index is 1.92. The van der Waals surface area contributed by atoms with Crippen LogP contribution in [-0.2, 0) is 14.1 Å². The molecule has 1 aromatic heterocycles. The molecule has 3 rings (SSSR count). The van der Waals surface area contributed by atoms with Gasteiger partial charge in [0.05, 0.1) is 15.7 Å². The molecule has 1 heterocycles. The lowest BCUT2D eigenvalue weighted by atomic mass is 10.1. The Labute approximate surface area is 159 Å².